The molecule has 0 bridgehead atoms. The molecule has 1 saturated heterocycles. The molecule has 0 aliphatic carbocycles. The van der Waals surface area contributed by atoms with Crippen LogP contribution in [0.15, 0.2) is 0 Å². The highest BCUT2D eigenvalue weighted by Crippen LogP contribution is 2.53. The van der Waals surface area contributed by atoms with Gasteiger partial charge in [-0.25, -0.2) is 0 Å². The lowest BCUT2D eigenvalue weighted by molar-refractivity contribution is -0.194. The number of hydrogen-bond acceptors (Lipinski definition) is 5. The van der Waals surface area contributed by atoms with Crippen molar-refractivity contribution in [2.45, 2.75) is 39.1 Å². The first-order valence-electron chi connectivity index (χ1n) is 5.92. The lowest BCUT2D eigenvalue weighted by Gasteiger charge is -2.29. The minimum absolute atomic E-state index is 0.0165. The minimum atomic E-state index is -3.27. The van der Waals surface area contributed by atoms with Gasteiger partial charge in [0, 0.05) is 20.1 Å². The zero-order chi connectivity index (χ0) is 13.3. The van der Waals surface area contributed by atoms with E-state index < -0.39 is 13.4 Å². The van der Waals surface area contributed by atoms with Crippen LogP contribution in [0.2, 0.25) is 0 Å². The average molecular weight is 266 g/mol. The molecule has 0 spiro atoms. The van der Waals surface area contributed by atoms with E-state index >= 15 is 0 Å². The van der Waals surface area contributed by atoms with Crippen molar-refractivity contribution in [2.24, 2.45) is 11.8 Å². The Bertz CT molecular complexity index is 300. The van der Waals surface area contributed by atoms with Gasteiger partial charge in [-0.2, -0.15) is 0 Å². The van der Waals surface area contributed by atoms with Crippen LogP contribution in [0.1, 0.15) is 27.2 Å². The van der Waals surface area contributed by atoms with Crippen LogP contribution in [0.4, 0.5) is 0 Å². The normalized spacial score (nSPS) is 38.6. The summed E-state index contributed by atoms with van der Waals surface area (Å²) in [6.45, 7) is 5.93. The van der Waals surface area contributed by atoms with Gasteiger partial charge in [-0.3, -0.25) is 4.57 Å². The first kappa shape index (κ1) is 15.1. The Kier molecular flexibility index (Phi) is 4.78. The summed E-state index contributed by atoms with van der Waals surface area (Å²) in [4.78, 5) is 0. The predicted octanol–water partition coefficient (Wildman–Crippen LogP) is 2.24. The van der Waals surface area contributed by atoms with E-state index in [-0.39, 0.29) is 24.1 Å². The fourth-order valence-electron chi connectivity index (χ4n) is 2.33. The highest BCUT2D eigenvalue weighted by atomic mass is 31.2. The zero-order valence-electron chi connectivity index (χ0n) is 11.2. The molecule has 17 heavy (non-hydrogen) atoms. The van der Waals surface area contributed by atoms with Crippen molar-refractivity contribution in [1.29, 1.82) is 0 Å². The molecule has 0 aromatic heterocycles. The summed E-state index contributed by atoms with van der Waals surface area (Å²) in [7, 11) is -0.645. The van der Waals surface area contributed by atoms with Crippen LogP contribution in [0, 0.1) is 11.8 Å². The molecule has 1 fully saturated rings. The van der Waals surface area contributed by atoms with Crippen LogP contribution >= 0.6 is 7.60 Å². The molecule has 0 aromatic carbocycles. The number of aliphatic hydroxyl groups is 1. The molecule has 6 heteroatoms. The molecule has 5 nitrogen and oxygen atoms in total. The van der Waals surface area contributed by atoms with Crippen molar-refractivity contribution in [3.8, 4) is 0 Å². The Hall–Kier alpha value is 0.0700. The van der Waals surface area contributed by atoms with E-state index in [9.17, 15) is 9.67 Å². The third-order valence-electron chi connectivity index (χ3n) is 3.82. The molecule has 102 valence electrons. The van der Waals surface area contributed by atoms with Crippen LogP contribution in [0.5, 0.6) is 0 Å². The van der Waals surface area contributed by atoms with Gasteiger partial charge in [0.05, 0.1) is 6.10 Å². The largest absolute Gasteiger partial charge is 0.365 e. The van der Waals surface area contributed by atoms with Gasteiger partial charge in [0.1, 0.15) is 6.16 Å². The molecule has 0 saturated carbocycles. The molecule has 0 amide bonds. The lowest BCUT2D eigenvalue weighted by atomic mass is 9.88. The van der Waals surface area contributed by atoms with Crippen LogP contribution in [0.3, 0.4) is 0 Å². The molecular weight excluding hydrogens is 243 g/mol. The molecule has 1 heterocycles. The second-order valence-corrected chi connectivity index (χ2v) is 6.96. The standard InChI is InChI=1S/C11H23O5P/c1-6-10-8(2)9(3)11(12,16-10)7-17(13,14-4)15-5/h8-10,12H,6-7H2,1-5H3/t8?,9?,10-,11-/m0/s1. The van der Waals surface area contributed by atoms with E-state index in [2.05, 4.69) is 0 Å². The van der Waals surface area contributed by atoms with Crippen molar-refractivity contribution >= 4 is 7.60 Å². The maximum Gasteiger partial charge on any atom is 0.335 e. The van der Waals surface area contributed by atoms with E-state index in [4.69, 9.17) is 13.8 Å². The SMILES string of the molecule is CC[C@@H]1O[C@@](O)(CP(=O)(OC)OC)C(C)C1C. The van der Waals surface area contributed by atoms with Gasteiger partial charge in [-0.15, -0.1) is 0 Å². The van der Waals surface area contributed by atoms with Crippen LogP contribution < -0.4 is 0 Å². The van der Waals surface area contributed by atoms with Crippen molar-refractivity contribution in [2.75, 3.05) is 20.4 Å². The molecule has 0 aromatic rings. The van der Waals surface area contributed by atoms with Gasteiger partial charge >= 0.3 is 7.60 Å². The number of hydrogen-bond donors (Lipinski definition) is 1. The second kappa shape index (κ2) is 5.37. The summed E-state index contributed by atoms with van der Waals surface area (Å²) in [6, 6.07) is 0. The Labute approximate surface area is 103 Å². The summed E-state index contributed by atoms with van der Waals surface area (Å²) in [5.41, 5.74) is 0. The summed E-state index contributed by atoms with van der Waals surface area (Å²) in [5, 5.41) is 10.5. The van der Waals surface area contributed by atoms with Crippen molar-refractivity contribution in [3.05, 3.63) is 0 Å². The Morgan fingerprint density at radius 3 is 2.24 bits per heavy atom. The highest BCUT2D eigenvalue weighted by molar-refractivity contribution is 7.53. The number of rotatable bonds is 5. The molecule has 4 atom stereocenters. The van der Waals surface area contributed by atoms with Crippen molar-refractivity contribution in [1.82, 2.24) is 0 Å². The number of ether oxygens (including phenoxy) is 1. The van der Waals surface area contributed by atoms with Crippen LogP contribution in [-0.2, 0) is 18.3 Å². The summed E-state index contributed by atoms with van der Waals surface area (Å²) >= 11 is 0. The van der Waals surface area contributed by atoms with Crippen molar-refractivity contribution < 1.29 is 23.5 Å². The van der Waals surface area contributed by atoms with Crippen LogP contribution in [0.25, 0.3) is 0 Å². The van der Waals surface area contributed by atoms with E-state index in [0.717, 1.165) is 6.42 Å². The van der Waals surface area contributed by atoms with E-state index in [1.807, 2.05) is 20.8 Å². The van der Waals surface area contributed by atoms with E-state index in [1.54, 1.807) is 0 Å². The lowest BCUT2D eigenvalue weighted by Crippen LogP contribution is -2.39. The van der Waals surface area contributed by atoms with E-state index in [0.29, 0.717) is 0 Å². The Balaban J connectivity index is 2.86. The summed E-state index contributed by atoms with van der Waals surface area (Å²) < 4.78 is 27.4. The molecule has 1 N–H and O–H groups in total. The third-order valence-corrected chi connectivity index (χ3v) is 5.77. The maximum absolute atomic E-state index is 12.1. The average Bonchev–Trinajstić information content (AvgIpc) is 2.53. The van der Waals surface area contributed by atoms with E-state index in [1.165, 1.54) is 14.2 Å². The quantitative estimate of drug-likeness (QED) is 0.773. The second-order valence-electron chi connectivity index (χ2n) is 4.69. The topological polar surface area (TPSA) is 65.0 Å². The molecule has 1 aliphatic heterocycles. The molecule has 1 rings (SSSR count). The van der Waals surface area contributed by atoms with Gasteiger partial charge in [-0.1, -0.05) is 20.8 Å². The van der Waals surface area contributed by atoms with Gasteiger partial charge in [0.15, 0.2) is 5.79 Å². The fourth-order valence-corrected chi connectivity index (χ4v) is 3.65. The van der Waals surface area contributed by atoms with Crippen molar-refractivity contribution in [3.63, 3.8) is 0 Å². The minimum Gasteiger partial charge on any atom is -0.365 e. The maximum atomic E-state index is 12.1. The molecule has 0 radical (unpaired) electrons. The fraction of sp³-hybridized carbons (Fsp3) is 1.00. The predicted molar refractivity (Wildman–Crippen MR) is 64.9 cm³/mol. The molecular formula is C11H23O5P. The smallest absolute Gasteiger partial charge is 0.335 e. The first-order chi connectivity index (χ1) is 7.82. The van der Waals surface area contributed by atoms with Gasteiger partial charge in [0.25, 0.3) is 0 Å². The molecule has 2 unspecified atom stereocenters. The Morgan fingerprint density at radius 2 is 1.88 bits per heavy atom. The summed E-state index contributed by atoms with van der Waals surface area (Å²) in [5.74, 6) is -1.32. The molecule has 1 aliphatic rings. The van der Waals surface area contributed by atoms with Gasteiger partial charge in [-0.05, 0) is 12.3 Å². The third kappa shape index (κ3) is 2.91. The Morgan fingerprint density at radius 1 is 1.35 bits per heavy atom. The van der Waals surface area contributed by atoms with Gasteiger partial charge in [0.2, 0.25) is 0 Å². The van der Waals surface area contributed by atoms with Crippen LogP contribution in [-0.4, -0.2) is 37.4 Å². The summed E-state index contributed by atoms with van der Waals surface area (Å²) in [6.07, 6.45) is 0.671. The van der Waals surface area contributed by atoms with Gasteiger partial charge < -0.3 is 18.9 Å². The monoisotopic (exact) mass is 266 g/mol. The zero-order valence-corrected chi connectivity index (χ0v) is 12.1. The highest BCUT2D eigenvalue weighted by Gasteiger charge is 2.52. The first-order valence-corrected chi connectivity index (χ1v) is 7.65.